The highest BCUT2D eigenvalue weighted by Gasteiger charge is 2.27. The Morgan fingerprint density at radius 2 is 0.639 bits per heavy atom. The smallest absolute Gasteiger partial charge is 0.0745 e. The second-order valence-corrected chi connectivity index (χ2v) is 27.4. The number of rotatable bonds is 6. The van der Waals surface area contributed by atoms with Gasteiger partial charge in [-0.25, -0.2) is 9.97 Å². The maximum Gasteiger partial charge on any atom is 0.0745 e. The Morgan fingerprint density at radius 3 is 0.944 bits per heavy atom. The van der Waals surface area contributed by atoms with Gasteiger partial charge in [0.1, 0.15) is 0 Å². The number of hydrogen-bond donors (Lipinski definition) is 2. The van der Waals surface area contributed by atoms with Crippen molar-refractivity contribution in [2.24, 2.45) is 0 Å². The Hall–Kier alpha value is -6.16. The highest BCUT2D eigenvalue weighted by atomic mass is 32.1. The lowest BCUT2D eigenvalue weighted by Gasteiger charge is -2.26. The number of benzene rings is 2. The van der Waals surface area contributed by atoms with E-state index >= 15 is 0 Å². The second-order valence-electron chi connectivity index (χ2n) is 23.4. The van der Waals surface area contributed by atoms with Crippen molar-refractivity contribution in [3.63, 3.8) is 0 Å². The summed E-state index contributed by atoms with van der Waals surface area (Å²) in [7, 11) is 0. The van der Waals surface area contributed by atoms with Crippen molar-refractivity contribution in [3.05, 3.63) is 165 Å². The van der Waals surface area contributed by atoms with Crippen LogP contribution in [0.2, 0.25) is 0 Å². The molecular weight excluding hydrogens is 953 g/mol. The van der Waals surface area contributed by atoms with E-state index in [4.69, 9.17) is 9.97 Å². The number of aromatic nitrogens is 4. The summed E-state index contributed by atoms with van der Waals surface area (Å²) in [6.07, 6.45) is 8.91. The number of H-pyrrole nitrogens is 2. The van der Waals surface area contributed by atoms with Crippen LogP contribution in [0.25, 0.3) is 109 Å². The topological polar surface area (TPSA) is 57.4 Å². The van der Waals surface area contributed by atoms with Crippen LogP contribution in [0, 0.1) is 0 Å². The standard InChI is InChI=1S/C64H62N4S4/c1-61(2,3)39-31-37(32-40(35-39)62(4,5)6)57-43-17-18-44(65-43)58(38-33-41(63(7,8)9)36-42(34-38)64(10,11)12)46-20-22-48(67-46)60(56-28-26-54(72-56)52-16-14-30-70-52)50-24-23-49(68-50)59(47-21-19-45(57)66-47)55-27-25-53(71-55)51-15-13-29-69-51/h13-36,65,68H,1-12H3. The average molecular weight is 1020 g/mol. The molecule has 4 nitrogen and oxygen atoms in total. The molecular formula is C64H62N4S4. The van der Waals surface area contributed by atoms with Crippen molar-refractivity contribution in [2.45, 2.75) is 105 Å². The van der Waals surface area contributed by atoms with Gasteiger partial charge in [0.25, 0.3) is 0 Å². The molecule has 362 valence electrons. The molecule has 0 fully saturated rings. The largest absolute Gasteiger partial charge is 0.354 e. The van der Waals surface area contributed by atoms with Crippen LogP contribution in [-0.2, 0) is 21.7 Å². The van der Waals surface area contributed by atoms with E-state index in [-0.39, 0.29) is 21.7 Å². The summed E-state index contributed by atoms with van der Waals surface area (Å²) >= 11 is 7.19. The number of nitrogens with one attached hydrogen (secondary N) is 2. The van der Waals surface area contributed by atoms with Crippen LogP contribution >= 0.6 is 45.3 Å². The van der Waals surface area contributed by atoms with Gasteiger partial charge in [0.2, 0.25) is 0 Å². The molecule has 0 atom stereocenters. The predicted molar refractivity (Wildman–Crippen MR) is 318 cm³/mol. The molecule has 8 bridgehead atoms. The molecule has 0 saturated heterocycles. The minimum atomic E-state index is -0.0818. The molecule has 0 saturated carbocycles. The first kappa shape index (κ1) is 48.1. The van der Waals surface area contributed by atoms with Gasteiger partial charge in [-0.15, -0.1) is 45.3 Å². The maximum atomic E-state index is 5.73. The minimum Gasteiger partial charge on any atom is -0.354 e. The number of nitrogens with zero attached hydrogens (tertiary/aromatic N) is 2. The van der Waals surface area contributed by atoms with Crippen molar-refractivity contribution in [1.29, 1.82) is 0 Å². The van der Waals surface area contributed by atoms with Gasteiger partial charge in [-0.3, -0.25) is 0 Å². The Bertz CT molecular complexity index is 3470. The molecule has 0 unspecified atom stereocenters. The van der Waals surface area contributed by atoms with Crippen LogP contribution in [0.5, 0.6) is 0 Å². The SMILES string of the molecule is CC(C)(C)c1cc(-c2c3nc(c(-c4ccc(-c5cccs5)s4)c4ccc([nH]4)c(-c4ccc(-c5cccs5)s4)c4nc(c(-c5cc(C(C)(C)C)cc(C(C)(C)C)c5)c5ccc2[nH]5)C=C4)C=C3)cc(C(C)(C)C)c1. The van der Waals surface area contributed by atoms with E-state index in [0.29, 0.717) is 0 Å². The summed E-state index contributed by atoms with van der Waals surface area (Å²) in [5.41, 5.74) is 19.1. The van der Waals surface area contributed by atoms with Gasteiger partial charge in [-0.2, -0.15) is 0 Å². The van der Waals surface area contributed by atoms with Crippen LogP contribution in [0.4, 0.5) is 0 Å². The number of thiophene rings is 4. The molecule has 2 aromatic carbocycles. The Kier molecular flexibility index (Phi) is 11.9. The molecule has 0 spiro atoms. The zero-order valence-corrected chi connectivity index (χ0v) is 46.6. The van der Waals surface area contributed by atoms with Crippen molar-refractivity contribution in [2.75, 3.05) is 0 Å². The molecule has 72 heavy (non-hydrogen) atoms. The molecule has 7 aromatic heterocycles. The lowest BCUT2D eigenvalue weighted by atomic mass is 9.79. The molecule has 11 rings (SSSR count). The molecule has 0 radical (unpaired) electrons. The van der Waals surface area contributed by atoms with E-state index in [0.717, 1.165) is 88.0 Å². The maximum absolute atomic E-state index is 5.73. The van der Waals surface area contributed by atoms with Gasteiger partial charge in [-0.1, -0.05) is 132 Å². The molecule has 0 amide bonds. The summed E-state index contributed by atoms with van der Waals surface area (Å²) in [4.78, 5) is 26.9. The molecule has 9 aromatic rings. The van der Waals surface area contributed by atoms with E-state index in [1.807, 2.05) is 22.7 Å². The van der Waals surface area contributed by atoms with Crippen LogP contribution in [-0.4, -0.2) is 19.9 Å². The Balaban J connectivity index is 1.31. The predicted octanol–water partition coefficient (Wildman–Crippen LogP) is 20.1. The van der Waals surface area contributed by atoms with Gasteiger partial charge < -0.3 is 9.97 Å². The third-order valence-corrected chi connectivity index (χ3v) is 18.2. The normalized spacial score (nSPS) is 13.2. The highest BCUT2D eigenvalue weighted by Crippen LogP contribution is 2.46. The third-order valence-electron chi connectivity index (χ3n) is 13.9. The van der Waals surface area contributed by atoms with Gasteiger partial charge in [0.05, 0.1) is 22.8 Å². The number of aromatic amines is 2. The van der Waals surface area contributed by atoms with Crippen LogP contribution in [0.15, 0.2) is 120 Å². The van der Waals surface area contributed by atoms with Gasteiger partial charge in [0.15, 0.2) is 0 Å². The second kappa shape index (κ2) is 17.8. The van der Waals surface area contributed by atoms with Crippen LogP contribution in [0.3, 0.4) is 0 Å². The monoisotopic (exact) mass is 1010 g/mol. The summed E-state index contributed by atoms with van der Waals surface area (Å²) < 4.78 is 0. The van der Waals surface area contributed by atoms with E-state index in [9.17, 15) is 0 Å². The van der Waals surface area contributed by atoms with Crippen molar-refractivity contribution >= 4 is 91.7 Å². The fourth-order valence-electron chi connectivity index (χ4n) is 9.65. The fraction of sp³-hybridized carbons (Fsp3) is 0.250. The Morgan fingerprint density at radius 1 is 0.333 bits per heavy atom. The van der Waals surface area contributed by atoms with Crippen molar-refractivity contribution < 1.29 is 0 Å². The van der Waals surface area contributed by atoms with Crippen LogP contribution in [0.1, 0.15) is 128 Å². The molecule has 0 aliphatic carbocycles. The summed E-state index contributed by atoms with van der Waals surface area (Å²) in [5, 5.41) is 4.31. The van der Waals surface area contributed by atoms with Crippen LogP contribution < -0.4 is 0 Å². The zero-order valence-electron chi connectivity index (χ0n) is 43.4. The van der Waals surface area contributed by atoms with Crippen molar-refractivity contribution in [1.82, 2.24) is 19.9 Å². The molecule has 2 aliphatic rings. The van der Waals surface area contributed by atoms with Crippen molar-refractivity contribution in [3.8, 4) is 62.6 Å². The highest BCUT2D eigenvalue weighted by molar-refractivity contribution is 7.24. The molecule has 8 heteroatoms. The van der Waals surface area contributed by atoms with E-state index in [1.54, 1.807) is 22.7 Å². The number of fused-ring (bicyclic) bond motifs is 8. The van der Waals surface area contributed by atoms with Gasteiger partial charge >= 0.3 is 0 Å². The third kappa shape index (κ3) is 9.17. The first-order chi connectivity index (χ1) is 34.2. The van der Waals surface area contributed by atoms with E-state index in [2.05, 4.69) is 237 Å². The average Bonchev–Trinajstić information content (AvgIpc) is 4.15. The van der Waals surface area contributed by atoms with Gasteiger partial charge in [0, 0.05) is 73.6 Å². The first-order valence-corrected chi connectivity index (χ1v) is 28.3. The first-order valence-electron chi connectivity index (χ1n) is 24.9. The molecule has 2 aliphatic heterocycles. The van der Waals surface area contributed by atoms with E-state index in [1.165, 1.54) is 41.8 Å². The summed E-state index contributed by atoms with van der Waals surface area (Å²) in [5.74, 6) is 0. The quantitative estimate of drug-likeness (QED) is 0.174. The Labute approximate surface area is 441 Å². The fourth-order valence-corrected chi connectivity index (χ4v) is 13.5. The number of hydrogen-bond acceptors (Lipinski definition) is 6. The molecule has 2 N–H and O–H groups in total. The summed E-state index contributed by atoms with van der Waals surface area (Å²) in [6.45, 7) is 27.8. The van der Waals surface area contributed by atoms with E-state index < -0.39 is 0 Å². The zero-order chi connectivity index (χ0) is 50.5. The lowest BCUT2D eigenvalue weighted by molar-refractivity contribution is 0.568. The minimum absolute atomic E-state index is 0.0818. The summed E-state index contributed by atoms with van der Waals surface area (Å²) in [6, 6.07) is 41.2. The van der Waals surface area contributed by atoms with Gasteiger partial charge in [-0.05, 0) is 151 Å². The lowest BCUT2D eigenvalue weighted by Crippen LogP contribution is -2.16. The molecule has 9 heterocycles.